The van der Waals surface area contributed by atoms with Crippen LogP contribution in [0.4, 0.5) is 17.6 Å². The number of nitrogens with zero attached hydrogens (tertiary/aromatic N) is 4. The zero-order valence-corrected chi connectivity index (χ0v) is 22.3. The van der Waals surface area contributed by atoms with Gasteiger partial charge in [0, 0.05) is 24.9 Å². The number of halogens is 4. The minimum Gasteiger partial charge on any atom is -0.474 e. The van der Waals surface area contributed by atoms with Crippen molar-refractivity contribution in [2.75, 3.05) is 25.9 Å². The first-order chi connectivity index (χ1) is 19.4. The van der Waals surface area contributed by atoms with Gasteiger partial charge in [-0.2, -0.15) is 10.1 Å². The molecule has 0 unspecified atom stereocenters. The number of Topliss-reactive ketones (excluding diaryl/α,β-unsaturated/α-hetero) is 1. The molecule has 1 fully saturated rings. The molecule has 0 aliphatic carbocycles. The molecule has 5 rings (SSSR count). The fourth-order valence-electron chi connectivity index (χ4n) is 4.41. The summed E-state index contributed by atoms with van der Waals surface area (Å²) in [6.45, 7) is 1.11. The lowest BCUT2D eigenvalue weighted by Crippen LogP contribution is -2.41. The topological polar surface area (TPSA) is 127 Å². The lowest BCUT2D eigenvalue weighted by molar-refractivity contribution is -0.274. The molecule has 4 aromatic rings. The van der Waals surface area contributed by atoms with Crippen LogP contribution in [0.3, 0.4) is 0 Å². The van der Waals surface area contributed by atoms with Gasteiger partial charge in [-0.25, -0.2) is 17.8 Å². The number of likely N-dealkylation sites (tertiary alicyclic amines) is 1. The average molecular weight is 594 g/mol. The minimum absolute atomic E-state index is 0.00918. The van der Waals surface area contributed by atoms with E-state index in [0.717, 1.165) is 24.5 Å². The number of hydrogen-bond acceptors (Lipinski definition) is 9. The van der Waals surface area contributed by atoms with Crippen LogP contribution in [0, 0.1) is 5.82 Å². The first kappa shape index (κ1) is 28.4. The number of hydrogen-bond donors (Lipinski definition) is 1. The summed E-state index contributed by atoms with van der Waals surface area (Å²) >= 11 is 0. The monoisotopic (exact) mass is 593 g/mol. The number of rotatable bonds is 8. The zero-order valence-electron chi connectivity index (χ0n) is 21.5. The van der Waals surface area contributed by atoms with Crippen LogP contribution < -0.4 is 9.47 Å². The van der Waals surface area contributed by atoms with E-state index in [1.807, 2.05) is 4.90 Å². The van der Waals surface area contributed by atoms with Gasteiger partial charge in [0.1, 0.15) is 23.1 Å². The van der Waals surface area contributed by atoms with E-state index in [1.165, 1.54) is 30.5 Å². The van der Waals surface area contributed by atoms with E-state index in [2.05, 4.69) is 24.9 Å². The molecule has 10 nitrogen and oxygen atoms in total. The van der Waals surface area contributed by atoms with Crippen molar-refractivity contribution in [3.8, 4) is 23.0 Å². The molecule has 0 amide bonds. The number of alkyl halides is 3. The number of sulfone groups is 1. The zero-order chi connectivity index (χ0) is 29.4. The van der Waals surface area contributed by atoms with Gasteiger partial charge in [-0.1, -0.05) is 0 Å². The second-order valence-corrected chi connectivity index (χ2v) is 11.5. The Bertz CT molecular complexity index is 1680. The smallest absolute Gasteiger partial charge is 0.474 e. The van der Waals surface area contributed by atoms with Gasteiger partial charge in [-0.15, -0.1) is 13.2 Å². The molecule has 2 aromatic carbocycles. The van der Waals surface area contributed by atoms with Crippen molar-refractivity contribution in [1.29, 1.82) is 0 Å². The first-order valence-electron chi connectivity index (χ1n) is 12.3. The lowest BCUT2D eigenvalue weighted by atomic mass is 10.1. The number of carbonyl (C=O) groups is 1. The van der Waals surface area contributed by atoms with Crippen LogP contribution in [-0.4, -0.2) is 77.6 Å². The summed E-state index contributed by atoms with van der Waals surface area (Å²) in [6, 6.07) is 8.25. The van der Waals surface area contributed by atoms with Crippen molar-refractivity contribution in [2.24, 2.45) is 0 Å². The van der Waals surface area contributed by atoms with E-state index in [1.54, 1.807) is 0 Å². The van der Waals surface area contributed by atoms with Crippen molar-refractivity contribution in [3.63, 3.8) is 0 Å². The van der Waals surface area contributed by atoms with Gasteiger partial charge in [0.25, 0.3) is 0 Å². The largest absolute Gasteiger partial charge is 0.573 e. The van der Waals surface area contributed by atoms with Crippen molar-refractivity contribution < 1.29 is 40.2 Å². The summed E-state index contributed by atoms with van der Waals surface area (Å²) in [6.07, 6.45) is -1.54. The fourth-order valence-corrected chi connectivity index (χ4v) is 5.04. The third-order valence-corrected chi connectivity index (χ3v) is 7.58. The van der Waals surface area contributed by atoms with Crippen molar-refractivity contribution in [1.82, 2.24) is 25.1 Å². The number of aromatic nitrogens is 4. The summed E-state index contributed by atoms with van der Waals surface area (Å²) in [5, 5.41) is 7.16. The summed E-state index contributed by atoms with van der Waals surface area (Å²) in [7, 11) is -3.60. The highest BCUT2D eigenvalue weighted by Crippen LogP contribution is 2.30. The van der Waals surface area contributed by atoms with E-state index in [4.69, 9.17) is 4.74 Å². The molecular formula is C26H23F4N5O5S. The maximum Gasteiger partial charge on any atom is 0.573 e. The van der Waals surface area contributed by atoms with Gasteiger partial charge >= 0.3 is 6.36 Å². The van der Waals surface area contributed by atoms with Crippen LogP contribution in [0.25, 0.3) is 22.4 Å². The average Bonchev–Trinajstić information content (AvgIpc) is 3.38. The Kier molecular flexibility index (Phi) is 7.66. The van der Waals surface area contributed by atoms with Gasteiger partial charge in [-0.3, -0.25) is 14.8 Å². The molecule has 1 N–H and O–H groups in total. The molecule has 1 aliphatic rings. The van der Waals surface area contributed by atoms with Crippen molar-refractivity contribution in [2.45, 2.75) is 30.2 Å². The summed E-state index contributed by atoms with van der Waals surface area (Å²) < 4.78 is 85.4. The highest BCUT2D eigenvalue weighted by molar-refractivity contribution is 7.90. The Morgan fingerprint density at radius 1 is 1.10 bits per heavy atom. The summed E-state index contributed by atoms with van der Waals surface area (Å²) in [5.74, 6) is -1.28. The van der Waals surface area contributed by atoms with Crippen molar-refractivity contribution in [3.05, 3.63) is 60.0 Å². The number of aromatic amines is 1. The van der Waals surface area contributed by atoms with Crippen LogP contribution in [0.2, 0.25) is 0 Å². The SMILES string of the molecule is CS(=O)(=O)c1ccc(-c2nc(OC3CCN(CC(=O)c4ccc(OC(F)(F)F)cc4)CC3)c3cn[nH]c3n2)c(F)c1. The Morgan fingerprint density at radius 3 is 2.44 bits per heavy atom. The molecule has 1 aliphatic heterocycles. The van der Waals surface area contributed by atoms with Crippen molar-refractivity contribution >= 4 is 26.7 Å². The van der Waals surface area contributed by atoms with Gasteiger partial charge in [0.2, 0.25) is 5.88 Å². The summed E-state index contributed by atoms with van der Waals surface area (Å²) in [5.41, 5.74) is 0.571. The Morgan fingerprint density at radius 2 is 1.80 bits per heavy atom. The van der Waals surface area contributed by atoms with Crippen LogP contribution in [0.5, 0.6) is 11.6 Å². The number of nitrogens with one attached hydrogen (secondary N) is 1. The van der Waals surface area contributed by atoms with Gasteiger partial charge in [0.15, 0.2) is 27.1 Å². The standard InChI is InChI=1S/C26H23F4N5O5S/c1-41(37,38)18-6-7-19(21(27)12-18)23-32-24-20(13-31-34-24)25(33-23)39-16-8-10-35(11-9-16)14-22(36)15-2-4-17(5-3-15)40-26(28,29)30/h2-7,12-13,16H,8-11,14H2,1H3,(H,31,32,33,34). The highest BCUT2D eigenvalue weighted by atomic mass is 32.2. The second-order valence-electron chi connectivity index (χ2n) is 9.49. The Labute approximate surface area is 231 Å². The maximum atomic E-state index is 14.8. The van der Waals surface area contributed by atoms with Crippen LogP contribution >= 0.6 is 0 Å². The molecule has 0 bridgehead atoms. The highest BCUT2D eigenvalue weighted by Gasteiger charge is 2.31. The van der Waals surface area contributed by atoms with Crippen LogP contribution in [0.15, 0.2) is 53.6 Å². The number of ether oxygens (including phenoxy) is 2. The van der Waals surface area contributed by atoms with Crippen LogP contribution in [0.1, 0.15) is 23.2 Å². The second kappa shape index (κ2) is 11.0. The minimum atomic E-state index is -4.81. The van der Waals surface area contributed by atoms with Gasteiger partial charge < -0.3 is 9.47 Å². The number of carbonyl (C=O) groups excluding carboxylic acids is 1. The molecule has 0 radical (unpaired) electrons. The van der Waals surface area contributed by atoms with E-state index in [-0.39, 0.29) is 46.2 Å². The lowest BCUT2D eigenvalue weighted by Gasteiger charge is -2.31. The van der Waals surface area contributed by atoms with Gasteiger partial charge in [-0.05, 0) is 55.3 Å². The van der Waals surface area contributed by atoms with E-state index >= 15 is 0 Å². The van der Waals surface area contributed by atoms with E-state index in [9.17, 15) is 30.8 Å². The van der Waals surface area contributed by atoms with E-state index < -0.39 is 27.8 Å². The van der Waals surface area contributed by atoms with Crippen LogP contribution in [-0.2, 0) is 9.84 Å². The molecule has 15 heteroatoms. The van der Waals surface area contributed by atoms with E-state index in [0.29, 0.717) is 37.0 Å². The number of H-pyrrole nitrogens is 1. The normalized spacial score (nSPS) is 15.2. The summed E-state index contributed by atoms with van der Waals surface area (Å²) in [4.78, 5) is 23.1. The fraction of sp³-hybridized carbons (Fsp3) is 0.308. The number of piperidine rings is 1. The molecule has 3 heterocycles. The molecular weight excluding hydrogens is 570 g/mol. The molecule has 0 atom stereocenters. The van der Waals surface area contributed by atoms with Gasteiger partial charge in [0.05, 0.1) is 23.2 Å². The molecule has 0 saturated carbocycles. The molecule has 1 saturated heterocycles. The molecule has 2 aromatic heterocycles. The third-order valence-electron chi connectivity index (χ3n) is 6.47. The number of ketones is 1. The third kappa shape index (κ3) is 6.79. The quantitative estimate of drug-likeness (QED) is 0.236. The predicted octanol–water partition coefficient (Wildman–Crippen LogP) is 4.19. The molecule has 41 heavy (non-hydrogen) atoms. The first-order valence-corrected chi connectivity index (χ1v) is 14.2. The number of benzene rings is 2. The Hall–Kier alpha value is -4.11. The molecule has 216 valence electrons. The molecule has 0 spiro atoms. The Balaban J connectivity index is 1.24. The predicted molar refractivity (Wildman–Crippen MR) is 138 cm³/mol. The maximum absolute atomic E-state index is 14.8. The number of fused-ring (bicyclic) bond motifs is 1.